The number of halogens is 2. The SMILES string of the molecule is CC[S+]([O-])c1ccc(Cl)cc1CNC(=O)c1ccc(CN2CC[C@@H](NC(C)=O)C2)c(Br)c1. The second kappa shape index (κ2) is 11.5. The van der Waals surface area contributed by atoms with Gasteiger partial charge in [0.2, 0.25) is 5.91 Å². The van der Waals surface area contributed by atoms with Gasteiger partial charge in [0, 0.05) is 59.8 Å². The lowest BCUT2D eigenvalue weighted by Crippen LogP contribution is -2.35. The van der Waals surface area contributed by atoms with Gasteiger partial charge < -0.3 is 15.2 Å². The van der Waals surface area contributed by atoms with Crippen LogP contribution in [0, 0.1) is 0 Å². The molecule has 0 bridgehead atoms. The van der Waals surface area contributed by atoms with Gasteiger partial charge in [0.25, 0.3) is 5.91 Å². The van der Waals surface area contributed by atoms with Gasteiger partial charge in [-0.25, -0.2) is 0 Å². The van der Waals surface area contributed by atoms with Gasteiger partial charge in [0.15, 0.2) is 4.90 Å². The van der Waals surface area contributed by atoms with Gasteiger partial charge in [-0.15, -0.1) is 0 Å². The second-order valence-electron chi connectivity index (χ2n) is 7.80. The Kier molecular flexibility index (Phi) is 9.02. The number of carbonyl (C=O) groups is 2. The first kappa shape index (κ1) is 25.1. The number of carbonyl (C=O) groups excluding carboxylic acids is 2. The molecule has 3 rings (SSSR count). The number of nitrogens with zero attached hydrogens (tertiary/aromatic N) is 1. The molecule has 172 valence electrons. The van der Waals surface area contributed by atoms with Crippen molar-refractivity contribution in [2.75, 3.05) is 18.8 Å². The Morgan fingerprint density at radius 2 is 2.03 bits per heavy atom. The van der Waals surface area contributed by atoms with Crippen LogP contribution in [0.3, 0.4) is 0 Å². The van der Waals surface area contributed by atoms with Crippen LogP contribution >= 0.6 is 27.5 Å². The molecular formula is C23H27BrClN3O3S. The molecule has 1 aliphatic heterocycles. The van der Waals surface area contributed by atoms with Crippen molar-refractivity contribution < 1.29 is 14.1 Å². The van der Waals surface area contributed by atoms with Crippen molar-refractivity contribution >= 4 is 50.5 Å². The minimum absolute atomic E-state index is 0.000717. The molecule has 32 heavy (non-hydrogen) atoms. The van der Waals surface area contributed by atoms with Crippen LogP contribution in [0.5, 0.6) is 0 Å². The molecule has 0 radical (unpaired) electrons. The number of amides is 2. The second-order valence-corrected chi connectivity index (χ2v) is 10.8. The lowest BCUT2D eigenvalue weighted by atomic mass is 10.1. The van der Waals surface area contributed by atoms with Gasteiger partial charge in [-0.2, -0.15) is 0 Å². The van der Waals surface area contributed by atoms with Crippen molar-refractivity contribution in [3.05, 3.63) is 62.6 Å². The molecule has 1 unspecified atom stereocenters. The standard InChI is InChI=1S/C23H27BrClN3O3S/c1-3-32(31)22-7-6-19(25)10-18(22)12-26-23(30)16-4-5-17(21(24)11-16)13-28-9-8-20(14-28)27-15(2)29/h4-7,10-11,20H,3,8-9,12-14H2,1-2H3,(H,26,30)(H,27,29)/t20-,32?/m1/s1. The summed E-state index contributed by atoms with van der Waals surface area (Å²) in [6.45, 7) is 6.12. The first-order chi connectivity index (χ1) is 15.3. The van der Waals surface area contributed by atoms with E-state index in [-0.39, 0.29) is 24.4 Å². The van der Waals surface area contributed by atoms with E-state index in [1.165, 1.54) is 0 Å². The van der Waals surface area contributed by atoms with E-state index in [9.17, 15) is 14.1 Å². The summed E-state index contributed by atoms with van der Waals surface area (Å²) < 4.78 is 13.1. The molecule has 0 spiro atoms. The van der Waals surface area contributed by atoms with Gasteiger partial charge >= 0.3 is 0 Å². The van der Waals surface area contributed by atoms with Gasteiger partial charge in [0.1, 0.15) is 5.75 Å². The molecule has 2 amide bonds. The summed E-state index contributed by atoms with van der Waals surface area (Å²) in [4.78, 5) is 26.9. The average Bonchev–Trinajstić information content (AvgIpc) is 3.19. The third-order valence-corrected chi connectivity index (χ3v) is 7.74. The Hall–Kier alpha value is -1.58. The Labute approximate surface area is 205 Å². The van der Waals surface area contributed by atoms with Crippen LogP contribution in [0.25, 0.3) is 0 Å². The van der Waals surface area contributed by atoms with Crippen LogP contribution in [0.2, 0.25) is 5.02 Å². The monoisotopic (exact) mass is 539 g/mol. The van der Waals surface area contributed by atoms with E-state index in [0.717, 1.165) is 41.7 Å². The maximum Gasteiger partial charge on any atom is 0.251 e. The molecular weight excluding hydrogens is 514 g/mol. The van der Waals surface area contributed by atoms with E-state index >= 15 is 0 Å². The van der Waals surface area contributed by atoms with Gasteiger partial charge in [0.05, 0.1) is 0 Å². The summed E-state index contributed by atoms with van der Waals surface area (Å²) in [7, 11) is 0. The van der Waals surface area contributed by atoms with E-state index in [1.807, 2.05) is 19.1 Å². The zero-order valence-corrected chi connectivity index (χ0v) is 21.3. The fourth-order valence-corrected chi connectivity index (χ4v) is 5.43. The van der Waals surface area contributed by atoms with E-state index in [0.29, 0.717) is 21.2 Å². The highest BCUT2D eigenvalue weighted by molar-refractivity contribution is 9.10. The molecule has 2 atom stereocenters. The van der Waals surface area contributed by atoms with Crippen molar-refractivity contribution in [3.8, 4) is 0 Å². The molecule has 0 saturated carbocycles. The van der Waals surface area contributed by atoms with Gasteiger partial charge in [-0.05, 0) is 60.4 Å². The zero-order valence-electron chi connectivity index (χ0n) is 18.1. The van der Waals surface area contributed by atoms with Gasteiger partial charge in [-0.1, -0.05) is 33.6 Å². The minimum atomic E-state index is -1.13. The number of hydrogen-bond acceptors (Lipinski definition) is 4. The Morgan fingerprint density at radius 1 is 1.25 bits per heavy atom. The van der Waals surface area contributed by atoms with Crippen molar-refractivity contribution in [2.24, 2.45) is 0 Å². The molecule has 1 saturated heterocycles. The summed E-state index contributed by atoms with van der Waals surface area (Å²) in [5, 5.41) is 6.41. The molecule has 1 fully saturated rings. The lowest BCUT2D eigenvalue weighted by Gasteiger charge is -2.18. The molecule has 0 aliphatic carbocycles. The summed E-state index contributed by atoms with van der Waals surface area (Å²) in [6.07, 6.45) is 0.937. The molecule has 9 heteroatoms. The molecule has 2 N–H and O–H groups in total. The van der Waals surface area contributed by atoms with Crippen molar-refractivity contribution in [1.82, 2.24) is 15.5 Å². The van der Waals surface area contributed by atoms with E-state index < -0.39 is 11.2 Å². The first-order valence-corrected chi connectivity index (χ1v) is 13.0. The number of rotatable bonds is 8. The average molecular weight is 541 g/mol. The normalized spacial score (nSPS) is 17.2. The van der Waals surface area contributed by atoms with Crippen LogP contribution < -0.4 is 10.6 Å². The van der Waals surface area contributed by atoms with Gasteiger partial charge in [-0.3, -0.25) is 14.5 Å². The van der Waals surface area contributed by atoms with E-state index in [1.54, 1.807) is 31.2 Å². The fourth-order valence-electron chi connectivity index (χ4n) is 3.78. The lowest BCUT2D eigenvalue weighted by molar-refractivity contribution is -0.119. The topological polar surface area (TPSA) is 84.5 Å². The highest BCUT2D eigenvalue weighted by atomic mass is 79.9. The molecule has 2 aromatic carbocycles. The summed E-state index contributed by atoms with van der Waals surface area (Å²) in [6, 6.07) is 11.0. The number of nitrogens with one attached hydrogen (secondary N) is 2. The van der Waals surface area contributed by atoms with Crippen molar-refractivity contribution in [1.29, 1.82) is 0 Å². The van der Waals surface area contributed by atoms with Crippen LogP contribution in [-0.4, -0.2) is 46.2 Å². The number of likely N-dealkylation sites (tertiary alicyclic amines) is 1. The van der Waals surface area contributed by atoms with E-state index in [2.05, 4.69) is 31.5 Å². The van der Waals surface area contributed by atoms with Crippen LogP contribution in [0.15, 0.2) is 45.8 Å². The molecule has 2 aromatic rings. The molecule has 1 aliphatic rings. The predicted octanol–water partition coefficient (Wildman–Crippen LogP) is 3.87. The third kappa shape index (κ3) is 6.71. The van der Waals surface area contributed by atoms with Crippen LogP contribution in [0.4, 0.5) is 0 Å². The quantitative estimate of drug-likeness (QED) is 0.498. The zero-order chi connectivity index (χ0) is 23.3. The minimum Gasteiger partial charge on any atom is -0.611 e. The predicted molar refractivity (Wildman–Crippen MR) is 131 cm³/mol. The molecule has 0 aromatic heterocycles. The first-order valence-electron chi connectivity index (χ1n) is 10.5. The fraction of sp³-hybridized carbons (Fsp3) is 0.391. The smallest absolute Gasteiger partial charge is 0.251 e. The van der Waals surface area contributed by atoms with Crippen LogP contribution in [-0.2, 0) is 29.1 Å². The molecule has 1 heterocycles. The van der Waals surface area contributed by atoms with E-state index in [4.69, 9.17) is 11.6 Å². The summed E-state index contributed by atoms with van der Waals surface area (Å²) >= 11 is 8.56. The van der Waals surface area contributed by atoms with Crippen molar-refractivity contribution in [3.63, 3.8) is 0 Å². The van der Waals surface area contributed by atoms with Crippen molar-refractivity contribution in [2.45, 2.75) is 44.3 Å². The maximum absolute atomic E-state index is 12.7. The van der Waals surface area contributed by atoms with Crippen LogP contribution in [0.1, 0.15) is 41.8 Å². The maximum atomic E-state index is 12.7. The molecule has 6 nitrogen and oxygen atoms in total. The Bertz CT molecular complexity index is 991. The summed E-state index contributed by atoms with van der Waals surface area (Å²) in [5.74, 6) is 0.288. The number of hydrogen-bond donors (Lipinski definition) is 2. The largest absolute Gasteiger partial charge is 0.611 e. The summed E-state index contributed by atoms with van der Waals surface area (Å²) in [5.41, 5.74) is 2.38. The Morgan fingerprint density at radius 3 is 2.72 bits per heavy atom. The number of benzene rings is 2. The Balaban J connectivity index is 1.61. The highest BCUT2D eigenvalue weighted by Gasteiger charge is 2.23. The third-order valence-electron chi connectivity index (χ3n) is 5.36. The highest BCUT2D eigenvalue weighted by Crippen LogP contribution is 2.24.